The Hall–Kier alpha value is -0.490. The van der Waals surface area contributed by atoms with E-state index in [4.69, 9.17) is 9.15 Å². The van der Waals surface area contributed by atoms with Crippen molar-refractivity contribution >= 4 is 11.8 Å². The van der Waals surface area contributed by atoms with Gasteiger partial charge in [0, 0.05) is 12.6 Å². The van der Waals surface area contributed by atoms with Gasteiger partial charge in [-0.15, -0.1) is 0 Å². The Balaban J connectivity index is 1.53. The van der Waals surface area contributed by atoms with E-state index < -0.39 is 6.10 Å². The summed E-state index contributed by atoms with van der Waals surface area (Å²) >= 11 is 2.01. The first-order valence-corrected chi connectivity index (χ1v) is 7.59. The van der Waals surface area contributed by atoms with Crippen molar-refractivity contribution in [2.24, 2.45) is 0 Å². The summed E-state index contributed by atoms with van der Waals surface area (Å²) < 4.78 is 10.5. The van der Waals surface area contributed by atoms with Crippen LogP contribution in [-0.4, -0.2) is 41.9 Å². The molecular weight excluding hydrogens is 250 g/mol. The lowest BCUT2D eigenvalue weighted by Gasteiger charge is -2.24. The molecule has 2 rings (SSSR count). The normalized spacial score (nSPS) is 18.9. The van der Waals surface area contributed by atoms with Crippen LogP contribution >= 0.6 is 11.8 Å². The van der Waals surface area contributed by atoms with Crippen LogP contribution in [0.1, 0.15) is 18.6 Å². The van der Waals surface area contributed by atoms with Crippen molar-refractivity contribution in [2.45, 2.75) is 31.6 Å². The number of nitrogens with one attached hydrogen (secondary N) is 1. The van der Waals surface area contributed by atoms with E-state index in [2.05, 4.69) is 5.32 Å². The molecule has 1 aliphatic heterocycles. The van der Waals surface area contributed by atoms with Crippen molar-refractivity contribution < 1.29 is 14.3 Å². The van der Waals surface area contributed by atoms with Crippen molar-refractivity contribution in [3.63, 3.8) is 0 Å². The highest BCUT2D eigenvalue weighted by Crippen LogP contribution is 2.16. The van der Waals surface area contributed by atoms with Crippen LogP contribution in [0.15, 0.2) is 22.8 Å². The van der Waals surface area contributed by atoms with Gasteiger partial charge in [0.05, 0.1) is 19.0 Å². The first-order valence-electron chi connectivity index (χ1n) is 6.44. The van der Waals surface area contributed by atoms with Gasteiger partial charge in [-0.05, 0) is 36.5 Å². The van der Waals surface area contributed by atoms with Gasteiger partial charge in [0.2, 0.25) is 0 Å². The predicted octanol–water partition coefficient (Wildman–Crippen LogP) is 1.64. The van der Waals surface area contributed by atoms with E-state index in [1.807, 2.05) is 23.9 Å². The summed E-state index contributed by atoms with van der Waals surface area (Å²) in [7, 11) is 0. The molecule has 0 bridgehead atoms. The molecule has 102 valence electrons. The van der Waals surface area contributed by atoms with E-state index in [1.165, 1.54) is 24.3 Å². The number of thioether (sulfide) groups is 1. The molecule has 0 spiro atoms. The summed E-state index contributed by atoms with van der Waals surface area (Å²) in [6.07, 6.45) is 3.57. The monoisotopic (exact) mass is 271 g/mol. The molecule has 0 saturated carbocycles. The molecule has 1 unspecified atom stereocenters. The van der Waals surface area contributed by atoms with Crippen LogP contribution in [0.2, 0.25) is 0 Å². The second kappa shape index (κ2) is 7.84. The molecule has 18 heavy (non-hydrogen) atoms. The Bertz CT molecular complexity index is 312. The Morgan fingerprint density at radius 2 is 2.33 bits per heavy atom. The topological polar surface area (TPSA) is 54.6 Å². The number of hydrogen-bond acceptors (Lipinski definition) is 5. The quantitative estimate of drug-likeness (QED) is 0.789. The molecular formula is C13H21NO3S. The van der Waals surface area contributed by atoms with Gasteiger partial charge < -0.3 is 19.6 Å². The minimum Gasteiger partial charge on any atom is -0.467 e. The Labute approximate surface area is 112 Å². The molecule has 0 radical (unpaired) electrons. The summed E-state index contributed by atoms with van der Waals surface area (Å²) in [5.74, 6) is 3.24. The molecule has 2 heterocycles. The minimum absolute atomic E-state index is 0.342. The van der Waals surface area contributed by atoms with Crippen LogP contribution in [-0.2, 0) is 11.3 Å². The second-order valence-electron chi connectivity index (χ2n) is 4.54. The molecule has 1 saturated heterocycles. The molecule has 0 amide bonds. The third kappa shape index (κ3) is 5.02. The van der Waals surface area contributed by atoms with E-state index in [0.717, 1.165) is 5.76 Å². The number of rotatable bonds is 7. The van der Waals surface area contributed by atoms with Gasteiger partial charge in [0.25, 0.3) is 0 Å². The molecule has 1 aromatic heterocycles. The zero-order valence-corrected chi connectivity index (χ0v) is 11.3. The van der Waals surface area contributed by atoms with Crippen molar-refractivity contribution in [1.82, 2.24) is 5.32 Å². The maximum absolute atomic E-state index is 9.79. The van der Waals surface area contributed by atoms with Crippen LogP contribution in [0.25, 0.3) is 0 Å². The predicted molar refractivity (Wildman–Crippen MR) is 72.7 cm³/mol. The fraction of sp³-hybridized carbons (Fsp3) is 0.692. The zero-order chi connectivity index (χ0) is 12.6. The van der Waals surface area contributed by atoms with E-state index in [-0.39, 0.29) is 0 Å². The van der Waals surface area contributed by atoms with Crippen LogP contribution in [0.4, 0.5) is 0 Å². The van der Waals surface area contributed by atoms with Gasteiger partial charge in [0.15, 0.2) is 0 Å². The Morgan fingerprint density at radius 3 is 3.06 bits per heavy atom. The summed E-state index contributed by atoms with van der Waals surface area (Å²) in [5, 5.41) is 13.2. The molecule has 1 aromatic rings. The summed E-state index contributed by atoms with van der Waals surface area (Å²) in [6.45, 7) is 1.37. The molecule has 1 atom stereocenters. The summed E-state index contributed by atoms with van der Waals surface area (Å²) in [6, 6.07) is 4.26. The highest BCUT2D eigenvalue weighted by Gasteiger charge is 2.14. The van der Waals surface area contributed by atoms with Crippen molar-refractivity contribution in [1.29, 1.82) is 0 Å². The van der Waals surface area contributed by atoms with Gasteiger partial charge in [-0.3, -0.25) is 0 Å². The molecule has 2 N–H and O–H groups in total. The van der Waals surface area contributed by atoms with E-state index >= 15 is 0 Å². The first kappa shape index (κ1) is 13.9. The number of furan rings is 1. The van der Waals surface area contributed by atoms with Crippen molar-refractivity contribution in [3.8, 4) is 0 Å². The van der Waals surface area contributed by atoms with Gasteiger partial charge in [-0.25, -0.2) is 0 Å². The zero-order valence-electron chi connectivity index (χ0n) is 10.5. The fourth-order valence-corrected chi connectivity index (χ4v) is 3.06. The van der Waals surface area contributed by atoms with E-state index in [9.17, 15) is 5.11 Å². The molecule has 1 fully saturated rings. The lowest BCUT2D eigenvalue weighted by Crippen LogP contribution is -2.39. The van der Waals surface area contributed by atoms with Gasteiger partial charge in [-0.1, -0.05) is 0 Å². The average molecular weight is 271 g/mol. The van der Waals surface area contributed by atoms with E-state index in [0.29, 0.717) is 25.8 Å². The standard InChI is InChI=1S/C13H21NO3S/c15-12(8-14-11-3-6-18-7-4-11)9-16-10-13-2-1-5-17-13/h1-2,5,11-12,14-15H,3-4,6-10H2. The van der Waals surface area contributed by atoms with Crippen molar-refractivity contribution in [2.75, 3.05) is 24.7 Å². The van der Waals surface area contributed by atoms with Gasteiger partial charge in [0.1, 0.15) is 12.4 Å². The first-order chi connectivity index (χ1) is 8.84. The van der Waals surface area contributed by atoms with Gasteiger partial charge in [-0.2, -0.15) is 11.8 Å². The largest absolute Gasteiger partial charge is 0.467 e. The minimum atomic E-state index is -0.449. The lowest BCUT2D eigenvalue weighted by molar-refractivity contribution is 0.0214. The third-order valence-corrected chi connectivity index (χ3v) is 4.05. The van der Waals surface area contributed by atoms with Gasteiger partial charge >= 0.3 is 0 Å². The highest BCUT2D eigenvalue weighted by molar-refractivity contribution is 7.99. The SMILES string of the molecule is OC(CNC1CCSCC1)COCc1ccco1. The summed E-state index contributed by atoms with van der Waals surface area (Å²) in [4.78, 5) is 0. The second-order valence-corrected chi connectivity index (χ2v) is 5.77. The maximum atomic E-state index is 9.79. The molecule has 0 aromatic carbocycles. The number of aliphatic hydroxyl groups excluding tert-OH is 1. The molecule has 1 aliphatic rings. The summed E-state index contributed by atoms with van der Waals surface area (Å²) in [5.41, 5.74) is 0. The fourth-order valence-electron chi connectivity index (χ4n) is 1.95. The lowest BCUT2D eigenvalue weighted by atomic mass is 10.1. The average Bonchev–Trinajstić information content (AvgIpc) is 2.91. The van der Waals surface area contributed by atoms with Crippen LogP contribution < -0.4 is 5.32 Å². The number of aliphatic hydroxyl groups is 1. The molecule has 4 nitrogen and oxygen atoms in total. The van der Waals surface area contributed by atoms with Crippen LogP contribution in [0.3, 0.4) is 0 Å². The number of hydrogen-bond donors (Lipinski definition) is 2. The van der Waals surface area contributed by atoms with Crippen LogP contribution in [0, 0.1) is 0 Å². The third-order valence-electron chi connectivity index (χ3n) is 3.00. The van der Waals surface area contributed by atoms with Crippen molar-refractivity contribution in [3.05, 3.63) is 24.2 Å². The number of ether oxygens (including phenoxy) is 1. The van der Waals surface area contributed by atoms with E-state index in [1.54, 1.807) is 6.26 Å². The highest BCUT2D eigenvalue weighted by atomic mass is 32.2. The Morgan fingerprint density at radius 1 is 1.50 bits per heavy atom. The van der Waals surface area contributed by atoms with Crippen LogP contribution in [0.5, 0.6) is 0 Å². The Kier molecular flexibility index (Phi) is 6.07. The smallest absolute Gasteiger partial charge is 0.129 e. The molecule has 5 heteroatoms. The molecule has 0 aliphatic carbocycles. The maximum Gasteiger partial charge on any atom is 0.129 e.